The predicted octanol–water partition coefficient (Wildman–Crippen LogP) is 1.41. The number of hydrogen-bond acceptors (Lipinski definition) is 4. The maximum atomic E-state index is 11.5. The second-order valence-corrected chi connectivity index (χ2v) is 3.62. The summed E-state index contributed by atoms with van der Waals surface area (Å²) in [5, 5.41) is 0. The van der Waals surface area contributed by atoms with Crippen molar-refractivity contribution in [1.29, 1.82) is 0 Å². The van der Waals surface area contributed by atoms with Gasteiger partial charge in [-0.3, -0.25) is 9.78 Å². The van der Waals surface area contributed by atoms with Gasteiger partial charge in [0, 0.05) is 18.9 Å². The van der Waals surface area contributed by atoms with E-state index in [9.17, 15) is 9.59 Å². The average Bonchev–Trinajstić information content (AvgIpc) is 2.53. The van der Waals surface area contributed by atoms with Gasteiger partial charge in [0.1, 0.15) is 0 Å². The Balaban J connectivity index is 0.00000144. The van der Waals surface area contributed by atoms with E-state index in [-0.39, 0.29) is 18.3 Å². The fourth-order valence-corrected chi connectivity index (χ4v) is 1.57. The first-order valence-electron chi connectivity index (χ1n) is 5.09. The molecule has 2 heterocycles. The number of halogens is 1. The number of rotatable bonds is 3. The average molecular weight is 257 g/mol. The molecule has 1 atom stereocenters. The molecule has 6 heteroatoms. The molecule has 0 radical (unpaired) electrons. The number of cyclic esters (lactones) is 1. The summed E-state index contributed by atoms with van der Waals surface area (Å²) >= 11 is 0. The quantitative estimate of drug-likeness (QED) is 0.821. The number of amides is 2. The molecule has 1 saturated heterocycles. The largest absolute Gasteiger partial charge is 0.436 e. The number of carbonyl (C=O) groups is 2. The van der Waals surface area contributed by atoms with Gasteiger partial charge < -0.3 is 4.74 Å². The van der Waals surface area contributed by atoms with Gasteiger partial charge in [-0.25, -0.2) is 9.69 Å². The lowest BCUT2D eigenvalue weighted by Gasteiger charge is -2.10. The Morgan fingerprint density at radius 2 is 2.00 bits per heavy atom. The Morgan fingerprint density at radius 3 is 2.53 bits per heavy atom. The Bertz CT molecular complexity index is 410. The summed E-state index contributed by atoms with van der Waals surface area (Å²) in [4.78, 5) is 27.8. The fourth-order valence-electron chi connectivity index (χ4n) is 1.57. The Morgan fingerprint density at radius 1 is 1.35 bits per heavy atom. The van der Waals surface area contributed by atoms with Gasteiger partial charge >= 0.3 is 6.09 Å². The van der Waals surface area contributed by atoms with Gasteiger partial charge in [-0.2, -0.15) is 0 Å². The van der Waals surface area contributed by atoms with E-state index in [4.69, 9.17) is 4.74 Å². The highest BCUT2D eigenvalue weighted by molar-refractivity contribution is 5.99. The zero-order valence-electron chi connectivity index (χ0n) is 9.33. The van der Waals surface area contributed by atoms with Crippen molar-refractivity contribution in [2.45, 2.75) is 19.4 Å². The number of nitrogens with zero attached hydrogens (tertiary/aromatic N) is 2. The minimum Gasteiger partial charge on any atom is -0.436 e. The molecule has 1 unspecified atom stereocenters. The molecule has 0 spiro atoms. The fraction of sp³-hybridized carbons (Fsp3) is 0.364. The molecular weight excluding hydrogens is 244 g/mol. The van der Waals surface area contributed by atoms with E-state index in [1.807, 2.05) is 12.1 Å². The second kappa shape index (κ2) is 5.63. The first-order valence-corrected chi connectivity index (χ1v) is 5.09. The van der Waals surface area contributed by atoms with E-state index in [0.717, 1.165) is 10.5 Å². The summed E-state index contributed by atoms with van der Waals surface area (Å²) in [6.45, 7) is 1.93. The Kier molecular flexibility index (Phi) is 4.45. The highest BCUT2D eigenvalue weighted by atomic mass is 35.5. The third-order valence-electron chi connectivity index (χ3n) is 2.49. The Hall–Kier alpha value is -1.62. The van der Waals surface area contributed by atoms with E-state index in [2.05, 4.69) is 4.98 Å². The van der Waals surface area contributed by atoms with Crippen molar-refractivity contribution >= 4 is 24.4 Å². The molecule has 1 fully saturated rings. The Labute approximate surface area is 105 Å². The van der Waals surface area contributed by atoms with Crippen molar-refractivity contribution in [3.63, 3.8) is 0 Å². The molecule has 1 aromatic heterocycles. The minimum atomic E-state index is -0.648. The maximum absolute atomic E-state index is 11.5. The lowest BCUT2D eigenvalue weighted by Crippen LogP contribution is -2.32. The normalized spacial score (nSPS) is 18.9. The van der Waals surface area contributed by atoms with Crippen LogP contribution >= 0.6 is 12.4 Å². The summed E-state index contributed by atoms with van der Waals surface area (Å²) in [5.74, 6) is -0.265. The van der Waals surface area contributed by atoms with Gasteiger partial charge in [-0.1, -0.05) is 0 Å². The van der Waals surface area contributed by atoms with E-state index in [0.29, 0.717) is 13.0 Å². The van der Waals surface area contributed by atoms with Crippen molar-refractivity contribution in [2.75, 3.05) is 6.54 Å². The predicted molar refractivity (Wildman–Crippen MR) is 62.8 cm³/mol. The molecule has 2 rings (SSSR count). The third-order valence-corrected chi connectivity index (χ3v) is 2.49. The van der Waals surface area contributed by atoms with Crippen molar-refractivity contribution in [3.8, 4) is 0 Å². The molecule has 0 N–H and O–H groups in total. The number of carbonyl (C=O) groups excluding carboxylic acids is 2. The standard InChI is InChI=1S/C11H12N2O3.ClH/c1-8-10(14)13(11(15)16-8)7-4-9-2-5-12-6-3-9;/h2-3,5-6,8H,4,7H2,1H3;1H. The van der Waals surface area contributed by atoms with Crippen molar-refractivity contribution < 1.29 is 14.3 Å². The SMILES string of the molecule is CC1OC(=O)N(CCc2ccncc2)C1=O.Cl. The van der Waals surface area contributed by atoms with Crippen LogP contribution < -0.4 is 0 Å². The van der Waals surface area contributed by atoms with Gasteiger partial charge in [-0.15, -0.1) is 12.4 Å². The van der Waals surface area contributed by atoms with Crippen molar-refractivity contribution in [1.82, 2.24) is 9.88 Å². The number of pyridine rings is 1. The number of hydrogen-bond donors (Lipinski definition) is 0. The molecule has 5 nitrogen and oxygen atoms in total. The van der Waals surface area contributed by atoms with E-state index in [1.165, 1.54) is 0 Å². The molecule has 1 aliphatic heterocycles. The highest BCUT2D eigenvalue weighted by Gasteiger charge is 2.36. The third kappa shape index (κ3) is 2.94. The molecule has 0 aliphatic carbocycles. The first-order chi connectivity index (χ1) is 7.68. The number of ether oxygens (including phenoxy) is 1. The molecule has 0 aromatic carbocycles. The van der Waals surface area contributed by atoms with Crippen LogP contribution in [0, 0.1) is 0 Å². The van der Waals surface area contributed by atoms with Crippen LogP contribution in [-0.2, 0) is 16.0 Å². The molecular formula is C11H13ClN2O3. The topological polar surface area (TPSA) is 59.5 Å². The van der Waals surface area contributed by atoms with E-state index in [1.54, 1.807) is 19.3 Å². The van der Waals surface area contributed by atoms with Crippen LogP contribution in [0.3, 0.4) is 0 Å². The van der Waals surface area contributed by atoms with Crippen LogP contribution in [0.1, 0.15) is 12.5 Å². The van der Waals surface area contributed by atoms with E-state index < -0.39 is 12.2 Å². The molecule has 1 aliphatic rings. The van der Waals surface area contributed by atoms with Gasteiger partial charge in [0.25, 0.3) is 5.91 Å². The van der Waals surface area contributed by atoms with Crippen LogP contribution in [-0.4, -0.2) is 34.5 Å². The van der Waals surface area contributed by atoms with Gasteiger partial charge in [0.2, 0.25) is 0 Å². The summed E-state index contributed by atoms with van der Waals surface area (Å²) in [5.41, 5.74) is 1.04. The second-order valence-electron chi connectivity index (χ2n) is 3.62. The maximum Gasteiger partial charge on any atom is 0.417 e. The number of imide groups is 1. The molecule has 1 aromatic rings. The van der Waals surface area contributed by atoms with Crippen LogP contribution in [0.2, 0.25) is 0 Å². The van der Waals surface area contributed by atoms with Crippen LogP contribution in [0.25, 0.3) is 0 Å². The summed E-state index contributed by atoms with van der Waals surface area (Å²) in [7, 11) is 0. The number of aromatic nitrogens is 1. The van der Waals surface area contributed by atoms with Crippen LogP contribution in [0.15, 0.2) is 24.5 Å². The smallest absolute Gasteiger partial charge is 0.417 e. The first kappa shape index (κ1) is 13.4. The molecule has 92 valence electrons. The summed E-state index contributed by atoms with van der Waals surface area (Å²) in [6.07, 6.45) is 2.79. The van der Waals surface area contributed by atoms with Gasteiger partial charge in [-0.05, 0) is 31.0 Å². The monoisotopic (exact) mass is 256 g/mol. The van der Waals surface area contributed by atoms with Crippen LogP contribution in [0.4, 0.5) is 4.79 Å². The zero-order chi connectivity index (χ0) is 11.5. The molecule has 0 saturated carbocycles. The van der Waals surface area contributed by atoms with E-state index >= 15 is 0 Å². The summed E-state index contributed by atoms with van der Waals surface area (Å²) in [6, 6.07) is 3.71. The zero-order valence-corrected chi connectivity index (χ0v) is 10.1. The van der Waals surface area contributed by atoms with Crippen LogP contribution in [0.5, 0.6) is 0 Å². The minimum absolute atomic E-state index is 0. The molecule has 17 heavy (non-hydrogen) atoms. The van der Waals surface area contributed by atoms with Gasteiger partial charge in [0.15, 0.2) is 6.10 Å². The highest BCUT2D eigenvalue weighted by Crippen LogP contribution is 2.13. The van der Waals surface area contributed by atoms with Crippen molar-refractivity contribution in [2.24, 2.45) is 0 Å². The lowest BCUT2D eigenvalue weighted by molar-refractivity contribution is -0.129. The lowest BCUT2D eigenvalue weighted by atomic mass is 10.2. The molecule has 2 amide bonds. The van der Waals surface area contributed by atoms with Crippen molar-refractivity contribution in [3.05, 3.63) is 30.1 Å². The van der Waals surface area contributed by atoms with Gasteiger partial charge in [0.05, 0.1) is 0 Å². The summed E-state index contributed by atoms with van der Waals surface area (Å²) < 4.78 is 4.80. The molecule has 0 bridgehead atoms.